The molecule has 0 bridgehead atoms. The van der Waals surface area contributed by atoms with E-state index in [2.05, 4.69) is 15.3 Å². The predicted molar refractivity (Wildman–Crippen MR) is 106 cm³/mol. The van der Waals surface area contributed by atoms with Gasteiger partial charge in [-0.25, -0.2) is 4.98 Å². The van der Waals surface area contributed by atoms with Crippen molar-refractivity contribution < 1.29 is 10.2 Å². The first-order chi connectivity index (χ1) is 13.1. The van der Waals surface area contributed by atoms with Crippen molar-refractivity contribution >= 4 is 28.3 Å². The SMILES string of the molecule is Oc1ccc(Cl)cc1C(Nc1ccccn1)c1ccc2cccnc2c1O. The van der Waals surface area contributed by atoms with Crippen molar-refractivity contribution in [2.75, 3.05) is 5.32 Å². The molecule has 27 heavy (non-hydrogen) atoms. The Balaban J connectivity index is 1.90. The van der Waals surface area contributed by atoms with Gasteiger partial charge in [-0.3, -0.25) is 4.98 Å². The summed E-state index contributed by atoms with van der Waals surface area (Å²) < 4.78 is 0. The summed E-state index contributed by atoms with van der Waals surface area (Å²) in [5.74, 6) is 0.705. The zero-order chi connectivity index (χ0) is 18.8. The highest BCUT2D eigenvalue weighted by Crippen LogP contribution is 2.39. The number of nitrogens with zero attached hydrogens (tertiary/aromatic N) is 2. The number of hydrogen-bond donors (Lipinski definition) is 3. The quantitative estimate of drug-likeness (QED) is 0.471. The first-order valence-corrected chi connectivity index (χ1v) is 8.74. The third-order valence-corrected chi connectivity index (χ3v) is 4.58. The molecule has 6 heteroatoms. The monoisotopic (exact) mass is 377 g/mol. The smallest absolute Gasteiger partial charge is 0.147 e. The fourth-order valence-electron chi connectivity index (χ4n) is 3.05. The Morgan fingerprint density at radius 2 is 1.70 bits per heavy atom. The van der Waals surface area contributed by atoms with Gasteiger partial charge in [-0.2, -0.15) is 0 Å². The zero-order valence-corrected chi connectivity index (χ0v) is 14.9. The zero-order valence-electron chi connectivity index (χ0n) is 14.2. The number of nitrogens with one attached hydrogen (secondary N) is 1. The van der Waals surface area contributed by atoms with Crippen LogP contribution in [0.5, 0.6) is 11.5 Å². The Labute approximate surface area is 160 Å². The summed E-state index contributed by atoms with van der Waals surface area (Å²) in [5, 5.41) is 25.9. The summed E-state index contributed by atoms with van der Waals surface area (Å²) in [7, 11) is 0. The maximum Gasteiger partial charge on any atom is 0.147 e. The van der Waals surface area contributed by atoms with Crippen LogP contribution in [0.3, 0.4) is 0 Å². The van der Waals surface area contributed by atoms with E-state index in [0.717, 1.165) is 5.39 Å². The van der Waals surface area contributed by atoms with E-state index in [4.69, 9.17) is 11.6 Å². The molecule has 0 fully saturated rings. The average Bonchev–Trinajstić information content (AvgIpc) is 2.70. The van der Waals surface area contributed by atoms with Crippen molar-refractivity contribution in [3.05, 3.63) is 89.2 Å². The van der Waals surface area contributed by atoms with Crippen molar-refractivity contribution in [3.8, 4) is 11.5 Å². The molecular formula is C21H16ClN3O2. The highest BCUT2D eigenvalue weighted by atomic mass is 35.5. The third-order valence-electron chi connectivity index (χ3n) is 4.35. The summed E-state index contributed by atoms with van der Waals surface area (Å²) in [5.41, 5.74) is 1.58. The number of halogens is 1. The fourth-order valence-corrected chi connectivity index (χ4v) is 3.23. The lowest BCUT2D eigenvalue weighted by Gasteiger charge is -2.23. The minimum atomic E-state index is -0.579. The summed E-state index contributed by atoms with van der Waals surface area (Å²) in [4.78, 5) is 8.57. The molecule has 0 saturated carbocycles. The molecule has 2 aromatic carbocycles. The van der Waals surface area contributed by atoms with Crippen LogP contribution >= 0.6 is 11.6 Å². The Morgan fingerprint density at radius 3 is 2.52 bits per heavy atom. The average molecular weight is 378 g/mol. The van der Waals surface area contributed by atoms with Crippen LogP contribution in [0, 0.1) is 0 Å². The first kappa shape index (κ1) is 17.1. The van der Waals surface area contributed by atoms with Crippen LogP contribution in [0.15, 0.2) is 73.1 Å². The van der Waals surface area contributed by atoms with Gasteiger partial charge < -0.3 is 15.5 Å². The minimum absolute atomic E-state index is 0.0425. The molecule has 4 aromatic rings. The summed E-state index contributed by atoms with van der Waals surface area (Å²) in [6, 6.07) is 17.1. The van der Waals surface area contributed by atoms with Crippen LogP contribution in [0.4, 0.5) is 5.82 Å². The molecule has 0 aliphatic rings. The van der Waals surface area contributed by atoms with Crippen molar-refractivity contribution in [1.82, 2.24) is 9.97 Å². The normalized spacial score (nSPS) is 12.0. The van der Waals surface area contributed by atoms with Gasteiger partial charge in [0.05, 0.1) is 6.04 Å². The minimum Gasteiger partial charge on any atom is -0.508 e. The van der Waals surface area contributed by atoms with Gasteiger partial charge in [0.15, 0.2) is 0 Å². The number of pyridine rings is 2. The van der Waals surface area contributed by atoms with E-state index < -0.39 is 6.04 Å². The van der Waals surface area contributed by atoms with Crippen LogP contribution < -0.4 is 5.32 Å². The maximum absolute atomic E-state index is 10.9. The highest BCUT2D eigenvalue weighted by Gasteiger charge is 2.23. The van der Waals surface area contributed by atoms with Gasteiger partial charge in [-0.1, -0.05) is 35.9 Å². The van der Waals surface area contributed by atoms with E-state index in [-0.39, 0.29) is 11.5 Å². The van der Waals surface area contributed by atoms with Crippen molar-refractivity contribution in [2.45, 2.75) is 6.04 Å². The molecular weight excluding hydrogens is 362 g/mol. The fraction of sp³-hybridized carbons (Fsp3) is 0.0476. The number of benzene rings is 2. The highest BCUT2D eigenvalue weighted by molar-refractivity contribution is 6.30. The van der Waals surface area contributed by atoms with Crippen molar-refractivity contribution in [2.24, 2.45) is 0 Å². The Morgan fingerprint density at radius 1 is 0.852 bits per heavy atom. The van der Waals surface area contributed by atoms with Crippen LogP contribution in [-0.4, -0.2) is 20.2 Å². The van der Waals surface area contributed by atoms with Crippen LogP contribution in [0.2, 0.25) is 5.02 Å². The molecule has 0 spiro atoms. The molecule has 1 atom stereocenters. The Bertz CT molecular complexity index is 1100. The second-order valence-electron chi connectivity index (χ2n) is 6.07. The van der Waals surface area contributed by atoms with Gasteiger partial charge in [0.1, 0.15) is 22.8 Å². The molecule has 5 nitrogen and oxygen atoms in total. The molecule has 0 saturated heterocycles. The molecule has 2 heterocycles. The number of anilines is 1. The molecule has 4 rings (SSSR count). The number of hydrogen-bond acceptors (Lipinski definition) is 5. The largest absolute Gasteiger partial charge is 0.508 e. The molecule has 1 unspecified atom stereocenters. The van der Waals surface area contributed by atoms with E-state index in [1.165, 1.54) is 6.07 Å². The lowest BCUT2D eigenvalue weighted by atomic mass is 9.95. The first-order valence-electron chi connectivity index (χ1n) is 8.36. The molecule has 3 N–H and O–H groups in total. The molecule has 134 valence electrons. The van der Waals surface area contributed by atoms with Gasteiger partial charge in [-0.15, -0.1) is 0 Å². The van der Waals surface area contributed by atoms with Gasteiger partial charge >= 0.3 is 0 Å². The van der Waals surface area contributed by atoms with Gasteiger partial charge in [0, 0.05) is 33.9 Å². The molecule has 0 amide bonds. The number of rotatable bonds is 4. The Hall–Kier alpha value is -3.31. The van der Waals surface area contributed by atoms with E-state index in [1.807, 2.05) is 36.4 Å². The lowest BCUT2D eigenvalue weighted by Crippen LogP contribution is -2.14. The van der Waals surface area contributed by atoms with Crippen LogP contribution in [-0.2, 0) is 0 Å². The van der Waals surface area contributed by atoms with E-state index in [9.17, 15) is 10.2 Å². The second-order valence-corrected chi connectivity index (χ2v) is 6.51. The number of phenolic OH excluding ortho intramolecular Hbond substituents is 2. The molecule has 0 aliphatic heterocycles. The van der Waals surface area contributed by atoms with Crippen molar-refractivity contribution in [3.63, 3.8) is 0 Å². The van der Waals surface area contributed by atoms with Gasteiger partial charge in [0.25, 0.3) is 0 Å². The summed E-state index contributed by atoms with van der Waals surface area (Å²) in [6.45, 7) is 0. The molecule has 0 radical (unpaired) electrons. The molecule has 2 aromatic heterocycles. The second kappa shape index (κ2) is 7.13. The predicted octanol–water partition coefficient (Wildman–Crippen LogP) is 4.90. The number of aromatic hydroxyl groups is 2. The molecule has 0 aliphatic carbocycles. The number of phenols is 2. The number of aromatic nitrogens is 2. The van der Waals surface area contributed by atoms with E-state index in [1.54, 1.807) is 30.6 Å². The topological polar surface area (TPSA) is 78.3 Å². The standard InChI is InChI=1S/C21H16ClN3O2/c22-14-7-9-17(26)16(12-14)20(25-18-5-1-2-10-23-18)15-8-6-13-4-3-11-24-19(13)21(15)27/h1-12,20,26-27H,(H,23,25). The number of fused-ring (bicyclic) bond motifs is 1. The van der Waals surface area contributed by atoms with Gasteiger partial charge in [-0.05, 0) is 36.4 Å². The van der Waals surface area contributed by atoms with Crippen molar-refractivity contribution in [1.29, 1.82) is 0 Å². The summed E-state index contributed by atoms with van der Waals surface area (Å²) >= 11 is 6.16. The van der Waals surface area contributed by atoms with Gasteiger partial charge in [0.2, 0.25) is 0 Å². The van der Waals surface area contributed by atoms with Crippen LogP contribution in [0.25, 0.3) is 10.9 Å². The van der Waals surface area contributed by atoms with Crippen LogP contribution in [0.1, 0.15) is 17.2 Å². The van der Waals surface area contributed by atoms with E-state index >= 15 is 0 Å². The summed E-state index contributed by atoms with van der Waals surface area (Å²) in [6.07, 6.45) is 3.29. The Kier molecular flexibility index (Phi) is 4.52. The lowest BCUT2D eigenvalue weighted by molar-refractivity contribution is 0.460. The third kappa shape index (κ3) is 3.37. The maximum atomic E-state index is 10.9. The van der Waals surface area contributed by atoms with E-state index in [0.29, 0.717) is 27.5 Å².